The van der Waals surface area contributed by atoms with E-state index in [1.165, 1.54) is 12.1 Å². The molecule has 2 atom stereocenters. The van der Waals surface area contributed by atoms with E-state index in [1.807, 2.05) is 4.57 Å². The summed E-state index contributed by atoms with van der Waals surface area (Å²) in [5.74, 6) is 1.11. The number of nitrogens with one attached hydrogen (secondary N) is 1. The molecule has 4 nitrogen and oxygen atoms in total. The number of pyridine rings is 1. The predicted molar refractivity (Wildman–Crippen MR) is 62.3 cm³/mol. The highest BCUT2D eigenvalue weighted by Crippen LogP contribution is 2.31. The van der Waals surface area contributed by atoms with E-state index in [0.717, 1.165) is 25.2 Å². The zero-order valence-corrected chi connectivity index (χ0v) is 9.28. The van der Waals surface area contributed by atoms with Crippen molar-refractivity contribution in [3.05, 3.63) is 33.7 Å². The first-order chi connectivity index (χ1) is 7.78. The zero-order valence-electron chi connectivity index (χ0n) is 9.28. The van der Waals surface area contributed by atoms with Crippen molar-refractivity contribution in [2.24, 2.45) is 11.7 Å². The Morgan fingerprint density at radius 2 is 2.31 bits per heavy atom. The Hall–Kier alpha value is -1.13. The number of nitrogens with zero attached hydrogens (tertiary/aromatic N) is 1. The van der Waals surface area contributed by atoms with E-state index in [1.54, 1.807) is 6.07 Å². The zero-order chi connectivity index (χ0) is 11.1. The molecule has 1 aromatic rings. The van der Waals surface area contributed by atoms with Crippen LogP contribution in [-0.4, -0.2) is 17.7 Å². The topological polar surface area (TPSA) is 60.0 Å². The van der Waals surface area contributed by atoms with Crippen LogP contribution in [0.5, 0.6) is 0 Å². The number of nitrogens with two attached hydrogens (primary N) is 1. The summed E-state index contributed by atoms with van der Waals surface area (Å²) in [5, 5.41) is 3.44. The Morgan fingerprint density at radius 1 is 1.44 bits per heavy atom. The molecule has 0 spiro atoms. The second-order valence-electron chi connectivity index (χ2n) is 4.90. The van der Waals surface area contributed by atoms with Crippen LogP contribution < -0.4 is 16.6 Å². The second kappa shape index (κ2) is 3.71. The standard InChI is InChI=1S/C12H17N3O/c13-4-8-2-11-10-1-9(5-14-6-10)7-15(11)12(16)3-8/h2-3,9-10,14H,1,4-7,13H2/t9-,10+/m0/s1. The Labute approximate surface area is 94.5 Å². The van der Waals surface area contributed by atoms with E-state index in [0.29, 0.717) is 18.4 Å². The summed E-state index contributed by atoms with van der Waals surface area (Å²) in [7, 11) is 0. The average Bonchev–Trinajstić information content (AvgIpc) is 2.31. The number of fused-ring (bicyclic) bond motifs is 4. The molecular weight excluding hydrogens is 202 g/mol. The molecule has 0 unspecified atom stereocenters. The molecule has 16 heavy (non-hydrogen) atoms. The Kier molecular flexibility index (Phi) is 2.33. The largest absolute Gasteiger partial charge is 0.326 e. The van der Waals surface area contributed by atoms with Gasteiger partial charge in [-0.05, 0) is 30.5 Å². The van der Waals surface area contributed by atoms with Gasteiger partial charge < -0.3 is 15.6 Å². The lowest BCUT2D eigenvalue weighted by molar-refractivity contribution is 0.257. The molecule has 0 radical (unpaired) electrons. The van der Waals surface area contributed by atoms with Gasteiger partial charge in [0.1, 0.15) is 0 Å². The molecule has 3 heterocycles. The lowest BCUT2D eigenvalue weighted by Crippen LogP contribution is -2.45. The van der Waals surface area contributed by atoms with Gasteiger partial charge in [-0.1, -0.05) is 0 Å². The van der Waals surface area contributed by atoms with Crippen LogP contribution in [0, 0.1) is 5.92 Å². The Morgan fingerprint density at radius 3 is 3.12 bits per heavy atom. The highest BCUT2D eigenvalue weighted by atomic mass is 16.1. The molecular formula is C12H17N3O. The van der Waals surface area contributed by atoms with Crippen LogP contribution in [0.25, 0.3) is 0 Å². The van der Waals surface area contributed by atoms with Gasteiger partial charge in [0.15, 0.2) is 0 Å². The van der Waals surface area contributed by atoms with Crippen molar-refractivity contribution < 1.29 is 0 Å². The smallest absolute Gasteiger partial charge is 0.251 e. The second-order valence-corrected chi connectivity index (χ2v) is 4.90. The summed E-state index contributed by atoms with van der Waals surface area (Å²) >= 11 is 0. The summed E-state index contributed by atoms with van der Waals surface area (Å²) in [6, 6.07) is 3.78. The molecule has 0 aromatic carbocycles. The van der Waals surface area contributed by atoms with Crippen molar-refractivity contribution in [3.8, 4) is 0 Å². The monoisotopic (exact) mass is 219 g/mol. The summed E-state index contributed by atoms with van der Waals surface area (Å²) in [4.78, 5) is 12.0. The number of rotatable bonds is 1. The quantitative estimate of drug-likeness (QED) is 0.699. The summed E-state index contributed by atoms with van der Waals surface area (Å²) in [6.45, 7) is 3.35. The van der Waals surface area contributed by atoms with Crippen molar-refractivity contribution in [1.82, 2.24) is 9.88 Å². The molecule has 2 bridgehead atoms. The Balaban J connectivity index is 2.13. The van der Waals surface area contributed by atoms with Crippen LogP contribution in [-0.2, 0) is 13.1 Å². The van der Waals surface area contributed by atoms with E-state index in [-0.39, 0.29) is 5.56 Å². The third-order valence-electron chi connectivity index (χ3n) is 3.76. The molecule has 2 aliphatic rings. The SMILES string of the molecule is NCc1cc2n(c(=O)c1)C[C@@H]1CNC[C@H]2C1. The fourth-order valence-corrected chi connectivity index (χ4v) is 2.98. The van der Waals surface area contributed by atoms with Crippen molar-refractivity contribution in [2.75, 3.05) is 13.1 Å². The molecule has 1 aromatic heterocycles. The lowest BCUT2D eigenvalue weighted by atomic mass is 9.84. The van der Waals surface area contributed by atoms with Crippen LogP contribution in [0.2, 0.25) is 0 Å². The van der Waals surface area contributed by atoms with Crippen LogP contribution >= 0.6 is 0 Å². The van der Waals surface area contributed by atoms with Crippen molar-refractivity contribution in [3.63, 3.8) is 0 Å². The van der Waals surface area contributed by atoms with Gasteiger partial charge in [-0.2, -0.15) is 0 Å². The highest BCUT2D eigenvalue weighted by molar-refractivity contribution is 5.23. The van der Waals surface area contributed by atoms with Gasteiger partial charge in [0.25, 0.3) is 5.56 Å². The van der Waals surface area contributed by atoms with Gasteiger partial charge in [-0.25, -0.2) is 0 Å². The molecule has 0 amide bonds. The maximum absolute atomic E-state index is 12.0. The predicted octanol–water partition coefficient (Wildman–Crippen LogP) is 0.0137. The number of hydrogen-bond acceptors (Lipinski definition) is 3. The average molecular weight is 219 g/mol. The molecule has 1 fully saturated rings. The molecule has 3 rings (SSSR count). The summed E-state index contributed by atoms with van der Waals surface area (Å²) in [5.41, 5.74) is 7.87. The summed E-state index contributed by atoms with van der Waals surface area (Å²) in [6.07, 6.45) is 1.21. The lowest BCUT2D eigenvalue weighted by Gasteiger charge is -2.37. The van der Waals surface area contributed by atoms with Crippen LogP contribution in [0.15, 0.2) is 16.9 Å². The minimum absolute atomic E-state index is 0.120. The van der Waals surface area contributed by atoms with Gasteiger partial charge in [0, 0.05) is 37.3 Å². The maximum atomic E-state index is 12.0. The third kappa shape index (κ3) is 1.49. The molecule has 86 valence electrons. The van der Waals surface area contributed by atoms with Crippen molar-refractivity contribution in [2.45, 2.75) is 25.4 Å². The van der Waals surface area contributed by atoms with Crippen molar-refractivity contribution in [1.29, 1.82) is 0 Å². The van der Waals surface area contributed by atoms with Gasteiger partial charge in [-0.3, -0.25) is 4.79 Å². The minimum Gasteiger partial charge on any atom is -0.326 e. The molecule has 3 N–H and O–H groups in total. The highest BCUT2D eigenvalue weighted by Gasteiger charge is 2.30. The van der Waals surface area contributed by atoms with Crippen LogP contribution in [0.4, 0.5) is 0 Å². The minimum atomic E-state index is 0.120. The summed E-state index contributed by atoms with van der Waals surface area (Å²) < 4.78 is 1.94. The first-order valence-corrected chi connectivity index (χ1v) is 5.92. The van der Waals surface area contributed by atoms with Gasteiger partial charge in [-0.15, -0.1) is 0 Å². The van der Waals surface area contributed by atoms with E-state index in [9.17, 15) is 4.79 Å². The number of aromatic nitrogens is 1. The van der Waals surface area contributed by atoms with Crippen LogP contribution in [0.3, 0.4) is 0 Å². The normalized spacial score (nSPS) is 27.6. The first-order valence-electron chi connectivity index (χ1n) is 5.92. The van der Waals surface area contributed by atoms with Crippen molar-refractivity contribution >= 4 is 0 Å². The fraction of sp³-hybridized carbons (Fsp3) is 0.583. The van der Waals surface area contributed by atoms with E-state index >= 15 is 0 Å². The van der Waals surface area contributed by atoms with Crippen LogP contribution in [0.1, 0.15) is 23.6 Å². The molecule has 0 aliphatic carbocycles. The maximum Gasteiger partial charge on any atom is 0.251 e. The van der Waals surface area contributed by atoms with E-state index in [4.69, 9.17) is 5.73 Å². The molecule has 0 saturated carbocycles. The number of piperidine rings is 1. The number of hydrogen-bond donors (Lipinski definition) is 2. The third-order valence-corrected chi connectivity index (χ3v) is 3.76. The van der Waals surface area contributed by atoms with Gasteiger partial charge in [0.2, 0.25) is 0 Å². The van der Waals surface area contributed by atoms with E-state index in [2.05, 4.69) is 11.4 Å². The van der Waals surface area contributed by atoms with E-state index < -0.39 is 0 Å². The molecule has 4 heteroatoms. The molecule has 2 aliphatic heterocycles. The molecule has 1 saturated heterocycles. The first kappa shape index (κ1) is 10.1. The van der Waals surface area contributed by atoms with Gasteiger partial charge >= 0.3 is 0 Å². The van der Waals surface area contributed by atoms with Gasteiger partial charge in [0.05, 0.1) is 0 Å². The Bertz CT molecular complexity index is 466. The fourth-order valence-electron chi connectivity index (χ4n) is 2.98.